The number of nitrogens with zero attached hydrogens (tertiary/aromatic N) is 3. The molecule has 0 aliphatic carbocycles. The van der Waals surface area contributed by atoms with Crippen LogP contribution in [0.2, 0.25) is 0 Å². The summed E-state index contributed by atoms with van der Waals surface area (Å²) in [4.78, 5) is 12.0. The van der Waals surface area contributed by atoms with Crippen molar-refractivity contribution in [3.05, 3.63) is 41.7 Å². The number of benzene rings is 1. The summed E-state index contributed by atoms with van der Waals surface area (Å²) in [6.07, 6.45) is 3.58. The third-order valence-corrected chi connectivity index (χ3v) is 3.26. The molecule has 0 aliphatic rings. The van der Waals surface area contributed by atoms with Gasteiger partial charge in [-0.3, -0.25) is 4.79 Å². The van der Waals surface area contributed by atoms with Gasteiger partial charge in [0.05, 0.1) is 17.9 Å². The van der Waals surface area contributed by atoms with E-state index in [0.717, 1.165) is 29.8 Å². The molecule has 1 unspecified atom stereocenters. The molecule has 1 aromatic carbocycles. The van der Waals surface area contributed by atoms with Crippen molar-refractivity contribution in [2.45, 2.75) is 39.3 Å². The number of carbonyl (C=O) groups is 1. The molecule has 6 nitrogen and oxygen atoms in total. The molecule has 1 aromatic heterocycles. The normalized spacial score (nSPS) is 12.1. The summed E-state index contributed by atoms with van der Waals surface area (Å²) < 4.78 is 1.51. The SMILES string of the molecule is CCCC(N)c1cn(CC(=O)Nc2ccccc2C)nn1. The molecule has 0 fully saturated rings. The van der Waals surface area contributed by atoms with E-state index < -0.39 is 0 Å². The summed E-state index contributed by atoms with van der Waals surface area (Å²) in [5.41, 5.74) is 8.53. The van der Waals surface area contributed by atoms with Crippen LogP contribution in [0.15, 0.2) is 30.5 Å². The molecule has 0 aliphatic heterocycles. The lowest BCUT2D eigenvalue weighted by molar-refractivity contribution is -0.116. The van der Waals surface area contributed by atoms with E-state index in [9.17, 15) is 4.79 Å². The van der Waals surface area contributed by atoms with E-state index in [4.69, 9.17) is 5.73 Å². The lowest BCUT2D eigenvalue weighted by atomic mass is 10.1. The lowest BCUT2D eigenvalue weighted by Gasteiger charge is -2.07. The van der Waals surface area contributed by atoms with E-state index in [1.807, 2.05) is 31.2 Å². The number of aromatic nitrogens is 3. The Hall–Kier alpha value is -2.21. The molecule has 0 bridgehead atoms. The molecule has 0 saturated carbocycles. The van der Waals surface area contributed by atoms with Crippen molar-refractivity contribution < 1.29 is 4.79 Å². The third kappa shape index (κ3) is 4.13. The van der Waals surface area contributed by atoms with Crippen molar-refractivity contribution in [2.75, 3.05) is 5.32 Å². The van der Waals surface area contributed by atoms with E-state index >= 15 is 0 Å². The number of nitrogens with one attached hydrogen (secondary N) is 1. The molecular weight excluding hydrogens is 266 g/mol. The summed E-state index contributed by atoms with van der Waals surface area (Å²) in [5.74, 6) is -0.134. The molecule has 0 radical (unpaired) electrons. The number of para-hydroxylation sites is 1. The van der Waals surface area contributed by atoms with Crippen LogP contribution >= 0.6 is 0 Å². The second-order valence-electron chi connectivity index (χ2n) is 5.10. The van der Waals surface area contributed by atoms with Gasteiger partial charge < -0.3 is 11.1 Å². The van der Waals surface area contributed by atoms with Crippen LogP contribution in [0, 0.1) is 6.92 Å². The monoisotopic (exact) mass is 287 g/mol. The topological polar surface area (TPSA) is 85.8 Å². The number of hydrogen-bond donors (Lipinski definition) is 2. The van der Waals surface area contributed by atoms with Crippen molar-refractivity contribution in [2.24, 2.45) is 5.73 Å². The average Bonchev–Trinajstić information content (AvgIpc) is 2.90. The Balaban J connectivity index is 1.96. The van der Waals surface area contributed by atoms with Gasteiger partial charge in [0, 0.05) is 5.69 Å². The summed E-state index contributed by atoms with van der Waals surface area (Å²) in [6.45, 7) is 4.15. The largest absolute Gasteiger partial charge is 0.324 e. The number of carbonyl (C=O) groups excluding carboxylic acids is 1. The molecule has 2 rings (SSSR count). The highest BCUT2D eigenvalue weighted by atomic mass is 16.2. The molecular formula is C15H21N5O. The number of nitrogens with two attached hydrogens (primary N) is 1. The van der Waals surface area contributed by atoms with Crippen LogP contribution in [0.5, 0.6) is 0 Å². The van der Waals surface area contributed by atoms with Crippen LogP contribution < -0.4 is 11.1 Å². The van der Waals surface area contributed by atoms with Crippen molar-refractivity contribution in [3.8, 4) is 0 Å². The van der Waals surface area contributed by atoms with Crippen LogP contribution in [0.1, 0.15) is 37.1 Å². The van der Waals surface area contributed by atoms with Crippen molar-refractivity contribution in [3.63, 3.8) is 0 Å². The highest BCUT2D eigenvalue weighted by Crippen LogP contribution is 2.14. The highest BCUT2D eigenvalue weighted by Gasteiger charge is 2.11. The smallest absolute Gasteiger partial charge is 0.246 e. The quantitative estimate of drug-likeness (QED) is 0.851. The Labute approximate surface area is 124 Å². The molecule has 21 heavy (non-hydrogen) atoms. The first kappa shape index (κ1) is 15.2. The van der Waals surface area contributed by atoms with E-state index in [1.54, 1.807) is 6.20 Å². The van der Waals surface area contributed by atoms with Gasteiger partial charge in [0.1, 0.15) is 6.54 Å². The molecule has 3 N–H and O–H groups in total. The Morgan fingerprint density at radius 1 is 1.43 bits per heavy atom. The van der Waals surface area contributed by atoms with Crippen LogP contribution in [0.4, 0.5) is 5.69 Å². The number of amides is 1. The Morgan fingerprint density at radius 2 is 2.19 bits per heavy atom. The van der Waals surface area contributed by atoms with Crippen molar-refractivity contribution >= 4 is 11.6 Å². The summed E-state index contributed by atoms with van der Waals surface area (Å²) in [5, 5.41) is 10.8. The van der Waals surface area contributed by atoms with E-state index in [-0.39, 0.29) is 18.5 Å². The number of anilines is 1. The first-order chi connectivity index (χ1) is 10.1. The predicted octanol–water partition coefficient (Wildman–Crippen LogP) is 2.03. The zero-order valence-electron chi connectivity index (χ0n) is 12.4. The fraction of sp³-hybridized carbons (Fsp3) is 0.400. The molecule has 1 atom stereocenters. The first-order valence-electron chi connectivity index (χ1n) is 7.11. The third-order valence-electron chi connectivity index (χ3n) is 3.26. The lowest BCUT2D eigenvalue weighted by Crippen LogP contribution is -2.19. The van der Waals surface area contributed by atoms with E-state index in [2.05, 4.69) is 22.6 Å². The average molecular weight is 287 g/mol. The first-order valence-corrected chi connectivity index (χ1v) is 7.11. The van der Waals surface area contributed by atoms with Crippen molar-refractivity contribution in [1.82, 2.24) is 15.0 Å². The van der Waals surface area contributed by atoms with Crippen LogP contribution in [-0.4, -0.2) is 20.9 Å². The summed E-state index contributed by atoms with van der Waals surface area (Å²) >= 11 is 0. The second-order valence-corrected chi connectivity index (χ2v) is 5.10. The molecule has 6 heteroatoms. The minimum absolute atomic E-state index is 0.122. The summed E-state index contributed by atoms with van der Waals surface area (Å²) in [6, 6.07) is 7.52. The maximum atomic E-state index is 12.0. The van der Waals surface area contributed by atoms with Gasteiger partial charge in [-0.1, -0.05) is 36.8 Å². The maximum absolute atomic E-state index is 12.0. The predicted molar refractivity (Wildman–Crippen MR) is 81.7 cm³/mol. The van der Waals surface area contributed by atoms with Crippen molar-refractivity contribution in [1.29, 1.82) is 0 Å². The minimum atomic E-state index is -0.134. The maximum Gasteiger partial charge on any atom is 0.246 e. The zero-order chi connectivity index (χ0) is 15.2. The van der Waals surface area contributed by atoms with Crippen LogP contribution in [-0.2, 0) is 11.3 Å². The Bertz CT molecular complexity index is 608. The standard InChI is InChI=1S/C15H21N5O/c1-3-6-12(16)14-9-20(19-18-14)10-15(21)17-13-8-5-4-7-11(13)2/h4-5,7-9,12H,3,6,10,16H2,1-2H3,(H,17,21). The fourth-order valence-electron chi connectivity index (χ4n) is 2.07. The molecule has 1 heterocycles. The molecule has 112 valence electrons. The highest BCUT2D eigenvalue weighted by molar-refractivity contribution is 5.91. The molecule has 1 amide bonds. The number of rotatable bonds is 6. The van der Waals surface area contributed by atoms with Gasteiger partial charge in [-0.2, -0.15) is 0 Å². The van der Waals surface area contributed by atoms with Gasteiger partial charge in [0.2, 0.25) is 5.91 Å². The van der Waals surface area contributed by atoms with Gasteiger partial charge in [-0.25, -0.2) is 4.68 Å². The Kier molecular flexibility index (Phi) is 5.05. The van der Waals surface area contributed by atoms with Gasteiger partial charge in [-0.15, -0.1) is 5.10 Å². The van der Waals surface area contributed by atoms with Gasteiger partial charge in [0.25, 0.3) is 0 Å². The second kappa shape index (κ2) is 6.99. The van der Waals surface area contributed by atoms with E-state index in [1.165, 1.54) is 4.68 Å². The Morgan fingerprint density at radius 3 is 2.90 bits per heavy atom. The fourth-order valence-corrected chi connectivity index (χ4v) is 2.07. The minimum Gasteiger partial charge on any atom is -0.324 e. The summed E-state index contributed by atoms with van der Waals surface area (Å²) in [7, 11) is 0. The van der Waals surface area contributed by atoms with Gasteiger partial charge >= 0.3 is 0 Å². The van der Waals surface area contributed by atoms with Crippen LogP contribution in [0.3, 0.4) is 0 Å². The van der Waals surface area contributed by atoms with Crippen LogP contribution in [0.25, 0.3) is 0 Å². The van der Waals surface area contributed by atoms with Gasteiger partial charge in [0.15, 0.2) is 0 Å². The van der Waals surface area contributed by atoms with Gasteiger partial charge in [-0.05, 0) is 25.0 Å². The molecule has 0 spiro atoms. The number of aryl methyl sites for hydroxylation is 1. The van der Waals surface area contributed by atoms with E-state index in [0.29, 0.717) is 0 Å². The zero-order valence-corrected chi connectivity index (χ0v) is 12.4. The number of hydrogen-bond acceptors (Lipinski definition) is 4. The molecule has 2 aromatic rings. The molecule has 0 saturated heterocycles.